The molecule has 0 bridgehead atoms. The smallest absolute Gasteiger partial charge is 0 e. The first-order valence-electron chi connectivity index (χ1n) is 6.52. The molecule has 0 aliphatic carbocycles. The molecular weight excluding hydrogens is 245 g/mol. The van der Waals surface area contributed by atoms with Gasteiger partial charge < -0.3 is 5.32 Å². The second kappa shape index (κ2) is 9.62. The molecule has 0 aliphatic rings. The Kier molecular flexibility index (Phi) is 9.39. The van der Waals surface area contributed by atoms with Gasteiger partial charge in [0.25, 0.3) is 0 Å². The maximum absolute atomic E-state index is 4.60. The van der Waals surface area contributed by atoms with Crippen LogP contribution in [0.25, 0.3) is 5.32 Å². The summed E-state index contributed by atoms with van der Waals surface area (Å²) >= 11 is 0. The number of rotatable bonds is 7. The van der Waals surface area contributed by atoms with E-state index in [0.29, 0.717) is 0 Å². The Hall–Kier alpha value is -0.396. The molecule has 1 nitrogen and oxygen atoms in total. The number of hydrogen-bond donors (Lipinski definition) is 0. The van der Waals surface area contributed by atoms with Gasteiger partial charge in [0.15, 0.2) is 0 Å². The Balaban J connectivity index is 0.00000256. The fraction of sp³-hybridized carbons (Fsp3) is 0.600. The van der Waals surface area contributed by atoms with Crippen molar-refractivity contribution in [2.24, 2.45) is 5.92 Å². The third-order valence-corrected chi connectivity index (χ3v) is 3.09. The van der Waals surface area contributed by atoms with Crippen LogP contribution in [0.3, 0.4) is 0 Å². The molecule has 0 N–H and O–H groups in total. The second-order valence-corrected chi connectivity index (χ2v) is 4.60. The van der Waals surface area contributed by atoms with Gasteiger partial charge in [-0.1, -0.05) is 64.3 Å². The third-order valence-electron chi connectivity index (χ3n) is 3.09. The molecule has 0 saturated carbocycles. The van der Waals surface area contributed by atoms with Gasteiger partial charge in [0.05, 0.1) is 0 Å². The molecule has 0 aromatic heterocycles. The van der Waals surface area contributed by atoms with Crippen LogP contribution in [-0.4, -0.2) is 6.54 Å². The summed E-state index contributed by atoms with van der Waals surface area (Å²) in [7, 11) is 0. The van der Waals surface area contributed by atoms with Crippen molar-refractivity contribution in [1.29, 1.82) is 0 Å². The molecule has 1 aromatic rings. The zero-order valence-electron chi connectivity index (χ0n) is 11.3. The number of benzene rings is 1. The van der Waals surface area contributed by atoms with Crippen LogP contribution in [0.4, 0.5) is 5.69 Å². The van der Waals surface area contributed by atoms with Crippen molar-refractivity contribution in [2.45, 2.75) is 46.5 Å². The van der Waals surface area contributed by atoms with E-state index in [-0.39, 0.29) is 18.6 Å². The van der Waals surface area contributed by atoms with Crippen LogP contribution in [0.5, 0.6) is 0 Å². The van der Waals surface area contributed by atoms with Crippen molar-refractivity contribution < 1.29 is 18.6 Å². The Morgan fingerprint density at radius 2 is 1.76 bits per heavy atom. The van der Waals surface area contributed by atoms with Crippen molar-refractivity contribution in [3.05, 3.63) is 35.1 Å². The molecule has 0 aliphatic heterocycles. The van der Waals surface area contributed by atoms with Crippen molar-refractivity contribution in [2.75, 3.05) is 6.54 Å². The van der Waals surface area contributed by atoms with Gasteiger partial charge in [0, 0.05) is 18.6 Å². The number of nitrogens with zero attached hydrogens (tertiary/aromatic N) is 1. The van der Waals surface area contributed by atoms with E-state index in [9.17, 15) is 0 Å². The minimum Gasteiger partial charge on any atom is -0.684 e. The zero-order valence-corrected chi connectivity index (χ0v) is 12.7. The fourth-order valence-corrected chi connectivity index (χ4v) is 1.67. The number of aryl methyl sites for hydroxylation is 1. The van der Waals surface area contributed by atoms with Crippen molar-refractivity contribution in [3.8, 4) is 0 Å². The van der Waals surface area contributed by atoms with Crippen molar-refractivity contribution in [3.63, 3.8) is 0 Å². The predicted molar refractivity (Wildman–Crippen MR) is 72.4 cm³/mol. The summed E-state index contributed by atoms with van der Waals surface area (Å²) in [6.45, 7) is 7.70. The van der Waals surface area contributed by atoms with Gasteiger partial charge in [-0.15, -0.1) is 12.2 Å². The molecule has 0 fully saturated rings. The van der Waals surface area contributed by atoms with Crippen LogP contribution >= 0.6 is 0 Å². The van der Waals surface area contributed by atoms with Gasteiger partial charge >= 0.3 is 0 Å². The molecule has 17 heavy (non-hydrogen) atoms. The van der Waals surface area contributed by atoms with Crippen LogP contribution in [0, 0.1) is 5.92 Å². The zero-order chi connectivity index (χ0) is 11.8. The summed E-state index contributed by atoms with van der Waals surface area (Å²) in [5.74, 6) is 0.795. The Labute approximate surface area is 118 Å². The van der Waals surface area contributed by atoms with Crippen LogP contribution in [-0.2, 0) is 25.0 Å². The van der Waals surface area contributed by atoms with Crippen LogP contribution in [0.15, 0.2) is 24.3 Å². The quantitative estimate of drug-likeness (QED) is 0.655. The van der Waals surface area contributed by atoms with Gasteiger partial charge in [0.2, 0.25) is 0 Å². The van der Waals surface area contributed by atoms with Crippen LogP contribution in [0.2, 0.25) is 0 Å². The van der Waals surface area contributed by atoms with Crippen LogP contribution < -0.4 is 0 Å². The van der Waals surface area contributed by atoms with E-state index >= 15 is 0 Å². The standard InChI is InChI=1S/C15H24N.V/c1-4-6-14-7-9-15(10-8-14)16-12-11-13(3)5-2;/h7-10,13H,4-6,11-12H2,1-3H3;/q-1;. The predicted octanol–water partition coefficient (Wildman–Crippen LogP) is 5.08. The number of hydrogen-bond acceptors (Lipinski definition) is 0. The summed E-state index contributed by atoms with van der Waals surface area (Å²) in [5, 5.41) is 4.60. The Morgan fingerprint density at radius 1 is 1.12 bits per heavy atom. The molecular formula is C15H24NV-. The van der Waals surface area contributed by atoms with E-state index in [1.807, 2.05) is 0 Å². The average molecular weight is 269 g/mol. The third kappa shape index (κ3) is 6.80. The normalized spacial score (nSPS) is 11.7. The van der Waals surface area contributed by atoms with Crippen molar-refractivity contribution in [1.82, 2.24) is 0 Å². The summed E-state index contributed by atoms with van der Waals surface area (Å²) in [6, 6.07) is 8.68. The molecule has 1 atom stereocenters. The summed E-state index contributed by atoms with van der Waals surface area (Å²) in [4.78, 5) is 0. The van der Waals surface area contributed by atoms with Gasteiger partial charge in [-0.05, 0) is 17.9 Å². The molecule has 95 valence electrons. The summed E-state index contributed by atoms with van der Waals surface area (Å²) < 4.78 is 0. The molecule has 0 spiro atoms. The molecule has 1 aromatic carbocycles. The molecule has 0 heterocycles. The minimum atomic E-state index is 0. The Bertz CT molecular complexity index is 281. The molecule has 0 saturated heterocycles. The van der Waals surface area contributed by atoms with Crippen molar-refractivity contribution >= 4 is 5.69 Å². The van der Waals surface area contributed by atoms with Gasteiger partial charge in [-0.2, -0.15) is 0 Å². The van der Waals surface area contributed by atoms with Gasteiger partial charge in [0.1, 0.15) is 0 Å². The monoisotopic (exact) mass is 269 g/mol. The van der Waals surface area contributed by atoms with E-state index in [1.165, 1.54) is 31.2 Å². The maximum Gasteiger partial charge on any atom is 0 e. The van der Waals surface area contributed by atoms with Gasteiger partial charge in [-0.3, -0.25) is 0 Å². The molecule has 2 heteroatoms. The van der Waals surface area contributed by atoms with E-state index in [0.717, 1.165) is 18.2 Å². The first-order valence-corrected chi connectivity index (χ1v) is 6.52. The largest absolute Gasteiger partial charge is 0.684 e. The minimum absolute atomic E-state index is 0. The first kappa shape index (κ1) is 16.6. The maximum atomic E-state index is 4.60. The molecule has 1 radical (unpaired) electrons. The first-order chi connectivity index (χ1) is 7.76. The van der Waals surface area contributed by atoms with E-state index in [4.69, 9.17) is 0 Å². The van der Waals surface area contributed by atoms with E-state index in [2.05, 4.69) is 50.4 Å². The molecule has 0 amide bonds. The SMILES string of the molecule is CCCc1ccc([N-]CCC(C)CC)cc1.[V]. The summed E-state index contributed by atoms with van der Waals surface area (Å²) in [5.41, 5.74) is 2.55. The Morgan fingerprint density at radius 3 is 2.29 bits per heavy atom. The second-order valence-electron chi connectivity index (χ2n) is 4.60. The topological polar surface area (TPSA) is 14.1 Å². The molecule has 1 rings (SSSR count). The van der Waals surface area contributed by atoms with E-state index in [1.54, 1.807) is 0 Å². The fourth-order valence-electron chi connectivity index (χ4n) is 1.67. The van der Waals surface area contributed by atoms with Crippen LogP contribution in [0.1, 0.15) is 45.6 Å². The summed E-state index contributed by atoms with van der Waals surface area (Å²) in [6.07, 6.45) is 4.84. The van der Waals surface area contributed by atoms with Gasteiger partial charge in [-0.25, -0.2) is 0 Å². The molecule has 1 unspecified atom stereocenters. The average Bonchev–Trinajstić information content (AvgIpc) is 2.31. The van der Waals surface area contributed by atoms with E-state index < -0.39 is 0 Å².